The minimum atomic E-state index is -3.49. The average Bonchev–Trinajstić information content (AvgIpc) is 2.23. The smallest absolute Gasteiger partial charge is 0.308 e. The number of rotatable bonds is 1. The summed E-state index contributed by atoms with van der Waals surface area (Å²) >= 11 is 0. The molecule has 1 aromatic carbocycles. The minimum absolute atomic E-state index is 0.0947. The lowest BCUT2D eigenvalue weighted by molar-refractivity contribution is -0.0984. The fraction of sp³-hybridized carbons (Fsp3) is 0.400. The van der Waals surface area contributed by atoms with Crippen molar-refractivity contribution in [3.8, 4) is 0 Å². The number of alkyl halides is 3. The molecule has 2 rings (SSSR count). The molecule has 0 aliphatic carbocycles. The fourth-order valence-corrected chi connectivity index (χ4v) is 1.62. The zero-order chi connectivity index (χ0) is 10.9. The Bertz CT molecular complexity index is 329. The average molecular weight is 216 g/mol. The first-order valence-electron chi connectivity index (χ1n) is 4.70. The maximum absolute atomic E-state index is 13.4. The van der Waals surface area contributed by atoms with Gasteiger partial charge in [-0.1, -0.05) is 18.2 Å². The first kappa shape index (κ1) is 10.3. The van der Waals surface area contributed by atoms with E-state index in [1.165, 1.54) is 0 Å². The Hall–Kier alpha value is -1.23. The summed E-state index contributed by atoms with van der Waals surface area (Å²) in [7, 11) is 0. The van der Waals surface area contributed by atoms with Crippen molar-refractivity contribution in [3.63, 3.8) is 0 Å². The molecule has 1 unspecified atom stereocenters. The molecular formula is C10H11F3N2. The standard InChI is InChI=1S/C10H11F3N2/c11-9-10(12,13)15(7-6-14-9)8-4-2-1-3-5-8/h1-5,9,14H,6-7H2. The molecule has 1 aromatic rings. The van der Waals surface area contributed by atoms with E-state index in [-0.39, 0.29) is 13.1 Å². The second-order valence-corrected chi connectivity index (χ2v) is 3.39. The number of nitrogens with zero attached hydrogens (tertiary/aromatic N) is 1. The van der Waals surface area contributed by atoms with Gasteiger partial charge in [-0.15, -0.1) is 0 Å². The number of benzene rings is 1. The highest BCUT2D eigenvalue weighted by Gasteiger charge is 2.48. The largest absolute Gasteiger partial charge is 0.370 e. The van der Waals surface area contributed by atoms with Gasteiger partial charge in [0.05, 0.1) is 0 Å². The van der Waals surface area contributed by atoms with Gasteiger partial charge in [0.15, 0.2) is 0 Å². The molecule has 0 saturated carbocycles. The van der Waals surface area contributed by atoms with E-state index in [0.29, 0.717) is 5.69 Å². The van der Waals surface area contributed by atoms with Crippen molar-refractivity contribution in [1.82, 2.24) is 5.32 Å². The van der Waals surface area contributed by atoms with Gasteiger partial charge in [-0.2, -0.15) is 8.78 Å². The van der Waals surface area contributed by atoms with E-state index >= 15 is 0 Å². The molecule has 0 radical (unpaired) electrons. The summed E-state index contributed by atoms with van der Waals surface area (Å²) in [5, 5.41) is 2.11. The van der Waals surface area contributed by atoms with Gasteiger partial charge in [0.1, 0.15) is 0 Å². The van der Waals surface area contributed by atoms with E-state index in [0.717, 1.165) is 4.90 Å². The molecule has 1 aliphatic heterocycles. The van der Waals surface area contributed by atoms with Gasteiger partial charge in [-0.3, -0.25) is 5.32 Å². The van der Waals surface area contributed by atoms with Gasteiger partial charge in [-0.05, 0) is 12.1 Å². The van der Waals surface area contributed by atoms with Crippen LogP contribution in [0, 0.1) is 0 Å². The van der Waals surface area contributed by atoms with Crippen molar-refractivity contribution in [2.45, 2.75) is 12.3 Å². The fourth-order valence-electron chi connectivity index (χ4n) is 1.62. The predicted octanol–water partition coefficient (Wildman–Crippen LogP) is 1.98. The van der Waals surface area contributed by atoms with Crippen molar-refractivity contribution >= 4 is 5.69 Å². The summed E-state index contributed by atoms with van der Waals surface area (Å²) in [6, 6.07) is 4.65. The Morgan fingerprint density at radius 2 is 1.93 bits per heavy atom. The molecule has 1 aliphatic rings. The second-order valence-electron chi connectivity index (χ2n) is 3.39. The molecule has 0 aromatic heterocycles. The lowest BCUT2D eigenvalue weighted by atomic mass is 10.2. The van der Waals surface area contributed by atoms with Crippen LogP contribution in [-0.4, -0.2) is 25.4 Å². The van der Waals surface area contributed by atoms with Crippen LogP contribution in [0.2, 0.25) is 0 Å². The highest BCUT2D eigenvalue weighted by molar-refractivity contribution is 5.48. The molecule has 1 fully saturated rings. The number of hydrogen-bond acceptors (Lipinski definition) is 2. The summed E-state index contributed by atoms with van der Waals surface area (Å²) in [4.78, 5) is 0.786. The topological polar surface area (TPSA) is 15.3 Å². The van der Waals surface area contributed by atoms with Gasteiger partial charge < -0.3 is 4.90 Å². The quantitative estimate of drug-likeness (QED) is 0.722. The van der Waals surface area contributed by atoms with Crippen molar-refractivity contribution in [1.29, 1.82) is 0 Å². The zero-order valence-corrected chi connectivity index (χ0v) is 7.96. The number of hydrogen-bond donors (Lipinski definition) is 1. The highest BCUT2D eigenvalue weighted by atomic mass is 19.3. The van der Waals surface area contributed by atoms with Crippen LogP contribution in [0.5, 0.6) is 0 Å². The SMILES string of the molecule is FC1NCCN(c2ccccc2)C1(F)F. The van der Waals surface area contributed by atoms with Crippen LogP contribution in [0.4, 0.5) is 18.9 Å². The molecule has 5 heteroatoms. The molecule has 1 heterocycles. The summed E-state index contributed by atoms with van der Waals surface area (Å²) < 4.78 is 39.9. The first-order chi connectivity index (χ1) is 7.12. The molecule has 0 spiro atoms. The maximum Gasteiger partial charge on any atom is 0.370 e. The Labute approximate surface area is 85.7 Å². The lowest BCUT2D eigenvalue weighted by Crippen LogP contribution is -2.61. The highest BCUT2D eigenvalue weighted by Crippen LogP contribution is 2.32. The number of anilines is 1. The molecule has 0 bridgehead atoms. The first-order valence-corrected chi connectivity index (χ1v) is 4.70. The predicted molar refractivity (Wildman–Crippen MR) is 51.6 cm³/mol. The molecule has 15 heavy (non-hydrogen) atoms. The molecule has 82 valence electrons. The molecule has 1 saturated heterocycles. The lowest BCUT2D eigenvalue weighted by Gasteiger charge is -2.39. The van der Waals surface area contributed by atoms with Gasteiger partial charge in [0, 0.05) is 18.8 Å². The second kappa shape index (κ2) is 3.73. The van der Waals surface area contributed by atoms with Crippen molar-refractivity contribution in [2.75, 3.05) is 18.0 Å². The summed E-state index contributed by atoms with van der Waals surface area (Å²) in [6.45, 7) is 0.309. The van der Waals surface area contributed by atoms with Gasteiger partial charge >= 0.3 is 6.05 Å². The van der Waals surface area contributed by atoms with Crippen molar-refractivity contribution in [2.24, 2.45) is 0 Å². The van der Waals surface area contributed by atoms with E-state index in [9.17, 15) is 13.2 Å². The van der Waals surface area contributed by atoms with E-state index < -0.39 is 12.3 Å². The zero-order valence-electron chi connectivity index (χ0n) is 7.96. The number of halogens is 3. The Morgan fingerprint density at radius 3 is 2.60 bits per heavy atom. The van der Waals surface area contributed by atoms with Crippen LogP contribution in [0.15, 0.2) is 30.3 Å². The summed E-state index contributed by atoms with van der Waals surface area (Å²) in [5.74, 6) is 0. The molecule has 1 N–H and O–H groups in total. The number of para-hydroxylation sites is 1. The molecule has 0 amide bonds. The van der Waals surface area contributed by atoms with E-state index in [1.54, 1.807) is 30.3 Å². The van der Waals surface area contributed by atoms with Crippen LogP contribution >= 0.6 is 0 Å². The van der Waals surface area contributed by atoms with Crippen LogP contribution < -0.4 is 10.2 Å². The van der Waals surface area contributed by atoms with E-state index in [1.807, 2.05) is 0 Å². The third kappa shape index (κ3) is 1.79. The van der Waals surface area contributed by atoms with Crippen molar-refractivity contribution < 1.29 is 13.2 Å². The van der Waals surface area contributed by atoms with Gasteiger partial charge in [-0.25, -0.2) is 4.39 Å². The Morgan fingerprint density at radius 1 is 1.27 bits per heavy atom. The normalized spacial score (nSPS) is 25.3. The summed E-state index contributed by atoms with van der Waals surface area (Å²) in [5.41, 5.74) is 0.339. The van der Waals surface area contributed by atoms with Crippen molar-refractivity contribution in [3.05, 3.63) is 30.3 Å². The van der Waals surface area contributed by atoms with E-state index in [4.69, 9.17) is 0 Å². The number of piperazine rings is 1. The van der Waals surface area contributed by atoms with Crippen LogP contribution in [0.25, 0.3) is 0 Å². The Balaban J connectivity index is 2.28. The third-order valence-electron chi connectivity index (χ3n) is 2.39. The van der Waals surface area contributed by atoms with Crippen LogP contribution in [0.3, 0.4) is 0 Å². The number of nitrogens with one attached hydrogen (secondary N) is 1. The molecular weight excluding hydrogens is 205 g/mol. The Kier molecular flexibility index (Phi) is 2.56. The van der Waals surface area contributed by atoms with Gasteiger partial charge in [0.2, 0.25) is 6.30 Å². The molecule has 1 atom stereocenters. The monoisotopic (exact) mass is 216 g/mol. The summed E-state index contributed by atoms with van der Waals surface area (Å²) in [6.07, 6.45) is -2.31. The molecule has 2 nitrogen and oxygen atoms in total. The van der Waals surface area contributed by atoms with E-state index in [2.05, 4.69) is 5.32 Å². The van der Waals surface area contributed by atoms with Crippen LogP contribution in [0.1, 0.15) is 0 Å². The van der Waals surface area contributed by atoms with Crippen LogP contribution in [-0.2, 0) is 0 Å². The third-order valence-corrected chi connectivity index (χ3v) is 2.39. The minimum Gasteiger partial charge on any atom is -0.308 e. The van der Waals surface area contributed by atoms with Gasteiger partial charge in [0.25, 0.3) is 0 Å². The maximum atomic E-state index is 13.4.